The van der Waals surface area contributed by atoms with Gasteiger partial charge in [0.25, 0.3) is 0 Å². The van der Waals surface area contributed by atoms with Crippen LogP contribution in [0.2, 0.25) is 0 Å². The van der Waals surface area contributed by atoms with Crippen LogP contribution in [0, 0.1) is 18.3 Å². The zero-order chi connectivity index (χ0) is 16.2. The van der Waals surface area contributed by atoms with Gasteiger partial charge in [0.1, 0.15) is 6.61 Å². The maximum Gasteiger partial charge on any atom is 0.229 e. The van der Waals surface area contributed by atoms with Crippen molar-refractivity contribution >= 4 is 5.91 Å². The summed E-state index contributed by atoms with van der Waals surface area (Å²) in [7, 11) is 0. The number of pyridine rings is 1. The number of nitrogens with zero attached hydrogens (tertiary/aromatic N) is 1. The van der Waals surface area contributed by atoms with E-state index in [2.05, 4.69) is 22.5 Å². The van der Waals surface area contributed by atoms with Crippen molar-refractivity contribution in [1.29, 1.82) is 0 Å². The molecule has 1 amide bonds. The van der Waals surface area contributed by atoms with Gasteiger partial charge in [-0.25, -0.2) is 4.98 Å². The quantitative estimate of drug-likeness (QED) is 0.872. The molecule has 2 atom stereocenters. The number of ether oxygens (including phenoxy) is 1. The molecule has 2 heterocycles. The number of hydrogen-bond donors (Lipinski definition) is 2. The first kappa shape index (κ1) is 16.7. The summed E-state index contributed by atoms with van der Waals surface area (Å²) in [5, 5.41) is 6.53. The van der Waals surface area contributed by atoms with Crippen molar-refractivity contribution < 1.29 is 9.53 Å². The lowest BCUT2D eigenvalue weighted by Crippen LogP contribution is -2.52. The molecular weight excluding hydrogens is 278 g/mol. The summed E-state index contributed by atoms with van der Waals surface area (Å²) in [5.74, 6) is 1.09. The third kappa shape index (κ3) is 4.19. The summed E-state index contributed by atoms with van der Waals surface area (Å²) in [6.07, 6.45) is 2.68. The summed E-state index contributed by atoms with van der Waals surface area (Å²) < 4.78 is 5.75. The number of carbonyl (C=O) groups is 1. The van der Waals surface area contributed by atoms with Crippen LogP contribution in [0.25, 0.3) is 0 Å². The molecule has 1 fully saturated rings. The number of aryl methyl sites for hydroxylation is 1. The van der Waals surface area contributed by atoms with Gasteiger partial charge in [-0.3, -0.25) is 4.79 Å². The van der Waals surface area contributed by atoms with E-state index in [4.69, 9.17) is 4.74 Å². The van der Waals surface area contributed by atoms with Gasteiger partial charge in [-0.15, -0.1) is 0 Å². The fourth-order valence-electron chi connectivity index (χ4n) is 2.53. The van der Waals surface area contributed by atoms with Crippen LogP contribution in [0.5, 0.6) is 5.88 Å². The van der Waals surface area contributed by atoms with Crippen molar-refractivity contribution in [1.82, 2.24) is 15.6 Å². The minimum Gasteiger partial charge on any atom is -0.476 e. The zero-order valence-corrected chi connectivity index (χ0v) is 14.0. The third-order valence-electron chi connectivity index (χ3n) is 4.25. The number of hydrogen-bond acceptors (Lipinski definition) is 4. The predicted molar refractivity (Wildman–Crippen MR) is 86.8 cm³/mol. The molecule has 2 rings (SSSR count). The molecule has 0 spiro atoms. The topological polar surface area (TPSA) is 63.2 Å². The SMILES string of the molecule is Cc1cccnc1OCC(C)(C)C(=O)N[C@@H]1CCNC[C@H]1C. The molecule has 2 N–H and O–H groups in total. The average Bonchev–Trinajstić information content (AvgIpc) is 2.49. The first-order chi connectivity index (χ1) is 10.4. The standard InChI is InChI=1S/C17H27N3O2/c1-12-6-5-8-19-15(12)22-11-17(3,4)16(21)20-14-7-9-18-10-13(14)2/h5-6,8,13-14,18H,7,9-11H2,1-4H3,(H,20,21)/t13-,14-/m1/s1. The number of amides is 1. The Labute approximate surface area is 132 Å². The van der Waals surface area contributed by atoms with E-state index in [1.54, 1.807) is 6.20 Å². The number of aromatic nitrogens is 1. The van der Waals surface area contributed by atoms with Gasteiger partial charge in [-0.1, -0.05) is 13.0 Å². The zero-order valence-electron chi connectivity index (χ0n) is 14.0. The molecule has 0 radical (unpaired) electrons. The Morgan fingerprint density at radius 3 is 3.00 bits per heavy atom. The Morgan fingerprint density at radius 2 is 2.32 bits per heavy atom. The molecule has 0 aliphatic carbocycles. The highest BCUT2D eigenvalue weighted by atomic mass is 16.5. The first-order valence-corrected chi connectivity index (χ1v) is 7.96. The molecule has 122 valence electrons. The predicted octanol–water partition coefficient (Wildman–Crippen LogP) is 1.91. The van der Waals surface area contributed by atoms with Crippen LogP contribution in [-0.4, -0.2) is 36.6 Å². The molecule has 0 unspecified atom stereocenters. The Morgan fingerprint density at radius 1 is 1.55 bits per heavy atom. The van der Waals surface area contributed by atoms with Crippen LogP contribution in [0.15, 0.2) is 18.3 Å². The summed E-state index contributed by atoms with van der Waals surface area (Å²) in [4.78, 5) is 16.8. The molecule has 5 nitrogen and oxygen atoms in total. The van der Waals surface area contributed by atoms with Gasteiger partial charge < -0.3 is 15.4 Å². The van der Waals surface area contributed by atoms with Crippen LogP contribution >= 0.6 is 0 Å². The highest BCUT2D eigenvalue weighted by Crippen LogP contribution is 2.21. The van der Waals surface area contributed by atoms with E-state index >= 15 is 0 Å². The van der Waals surface area contributed by atoms with E-state index in [0.29, 0.717) is 18.4 Å². The summed E-state index contributed by atoms with van der Waals surface area (Å²) in [5.41, 5.74) is 0.389. The van der Waals surface area contributed by atoms with E-state index in [9.17, 15) is 4.79 Å². The molecule has 1 aliphatic rings. The monoisotopic (exact) mass is 305 g/mol. The van der Waals surface area contributed by atoms with E-state index in [1.165, 1.54) is 0 Å². The van der Waals surface area contributed by atoms with Gasteiger partial charge in [0.05, 0.1) is 5.41 Å². The lowest BCUT2D eigenvalue weighted by atomic mass is 9.90. The smallest absolute Gasteiger partial charge is 0.229 e. The fourth-order valence-corrected chi connectivity index (χ4v) is 2.53. The van der Waals surface area contributed by atoms with E-state index in [0.717, 1.165) is 25.1 Å². The second-order valence-electron chi connectivity index (χ2n) is 6.85. The maximum atomic E-state index is 12.6. The number of rotatable bonds is 5. The molecule has 5 heteroatoms. The van der Waals surface area contributed by atoms with Gasteiger partial charge in [0.2, 0.25) is 11.8 Å². The van der Waals surface area contributed by atoms with Gasteiger partial charge in [-0.05, 0) is 52.3 Å². The second-order valence-corrected chi connectivity index (χ2v) is 6.85. The highest BCUT2D eigenvalue weighted by Gasteiger charge is 2.32. The number of piperidine rings is 1. The van der Waals surface area contributed by atoms with Crippen molar-refractivity contribution in [3.05, 3.63) is 23.9 Å². The normalized spacial score (nSPS) is 22.2. The molecule has 0 aromatic carbocycles. The van der Waals surface area contributed by atoms with Crippen LogP contribution < -0.4 is 15.4 Å². The largest absolute Gasteiger partial charge is 0.476 e. The van der Waals surface area contributed by atoms with Crippen LogP contribution in [0.3, 0.4) is 0 Å². The lowest BCUT2D eigenvalue weighted by Gasteiger charge is -2.33. The van der Waals surface area contributed by atoms with Crippen molar-refractivity contribution in [2.24, 2.45) is 11.3 Å². The van der Waals surface area contributed by atoms with Crippen molar-refractivity contribution in [3.63, 3.8) is 0 Å². The summed E-state index contributed by atoms with van der Waals surface area (Å²) >= 11 is 0. The molecule has 0 bridgehead atoms. The number of nitrogens with one attached hydrogen (secondary N) is 2. The molecule has 22 heavy (non-hydrogen) atoms. The molecule has 1 aliphatic heterocycles. The lowest BCUT2D eigenvalue weighted by molar-refractivity contribution is -0.132. The minimum atomic E-state index is -0.589. The number of carbonyl (C=O) groups excluding carboxylic acids is 1. The maximum absolute atomic E-state index is 12.6. The Hall–Kier alpha value is -1.62. The Bertz CT molecular complexity index is 516. The average molecular weight is 305 g/mol. The van der Waals surface area contributed by atoms with Crippen LogP contribution in [0.4, 0.5) is 0 Å². The molecular formula is C17H27N3O2. The summed E-state index contributed by atoms with van der Waals surface area (Å²) in [6, 6.07) is 4.06. The third-order valence-corrected chi connectivity index (χ3v) is 4.25. The summed E-state index contributed by atoms with van der Waals surface area (Å²) in [6.45, 7) is 10.2. The van der Waals surface area contributed by atoms with Crippen molar-refractivity contribution in [2.75, 3.05) is 19.7 Å². The van der Waals surface area contributed by atoms with Gasteiger partial charge >= 0.3 is 0 Å². The van der Waals surface area contributed by atoms with Gasteiger partial charge in [0.15, 0.2) is 0 Å². The fraction of sp³-hybridized carbons (Fsp3) is 0.647. The minimum absolute atomic E-state index is 0.0415. The van der Waals surface area contributed by atoms with E-state index in [-0.39, 0.29) is 11.9 Å². The molecule has 1 saturated heterocycles. The van der Waals surface area contributed by atoms with Gasteiger partial charge in [0, 0.05) is 17.8 Å². The second kappa shape index (κ2) is 7.09. The molecule has 1 aromatic rings. The van der Waals surface area contributed by atoms with Crippen LogP contribution in [-0.2, 0) is 4.79 Å². The van der Waals surface area contributed by atoms with Crippen LogP contribution in [0.1, 0.15) is 32.8 Å². The Balaban J connectivity index is 1.91. The van der Waals surface area contributed by atoms with Gasteiger partial charge in [-0.2, -0.15) is 0 Å². The Kier molecular flexibility index (Phi) is 5.40. The highest BCUT2D eigenvalue weighted by molar-refractivity contribution is 5.82. The van der Waals surface area contributed by atoms with Crippen molar-refractivity contribution in [2.45, 2.75) is 40.2 Å². The first-order valence-electron chi connectivity index (χ1n) is 7.96. The van der Waals surface area contributed by atoms with Crippen molar-refractivity contribution in [3.8, 4) is 5.88 Å². The van der Waals surface area contributed by atoms with E-state index in [1.807, 2.05) is 32.9 Å². The molecule has 1 aromatic heterocycles. The molecule has 0 saturated carbocycles. The van der Waals surface area contributed by atoms with E-state index < -0.39 is 5.41 Å².